The monoisotopic (exact) mass is 269 g/mol. The zero-order valence-electron chi connectivity index (χ0n) is 10.9. The van der Waals surface area contributed by atoms with Crippen LogP contribution in [-0.4, -0.2) is 51.6 Å². The summed E-state index contributed by atoms with van der Waals surface area (Å²) in [5.41, 5.74) is 0.750. The number of rotatable bonds is 8. The molecule has 1 rings (SSSR count). The van der Waals surface area contributed by atoms with Gasteiger partial charge >= 0.3 is 0 Å². The molecule has 1 heterocycles. The molecule has 2 amide bonds. The van der Waals surface area contributed by atoms with Crippen LogP contribution in [0.1, 0.15) is 19.0 Å². The minimum Gasteiger partial charge on any atom is -0.396 e. The van der Waals surface area contributed by atoms with Crippen molar-refractivity contribution >= 4 is 11.8 Å². The fourth-order valence-electron chi connectivity index (χ4n) is 1.43. The van der Waals surface area contributed by atoms with Crippen molar-refractivity contribution in [2.75, 3.05) is 19.7 Å². The lowest BCUT2D eigenvalue weighted by Crippen LogP contribution is -2.35. The second kappa shape index (κ2) is 8.20. The van der Waals surface area contributed by atoms with Gasteiger partial charge in [-0.15, -0.1) is 5.10 Å². The molecule has 3 N–H and O–H groups in total. The fraction of sp³-hybridized carbons (Fsp3) is 0.636. The summed E-state index contributed by atoms with van der Waals surface area (Å²) in [7, 11) is 0. The van der Waals surface area contributed by atoms with Gasteiger partial charge in [-0.05, 0) is 12.8 Å². The van der Waals surface area contributed by atoms with Gasteiger partial charge in [-0.2, -0.15) is 0 Å². The van der Waals surface area contributed by atoms with Crippen LogP contribution < -0.4 is 10.6 Å². The normalized spacial score (nSPS) is 10.2. The minimum absolute atomic E-state index is 0.0895. The van der Waals surface area contributed by atoms with Crippen molar-refractivity contribution in [1.82, 2.24) is 25.6 Å². The van der Waals surface area contributed by atoms with Crippen molar-refractivity contribution in [2.45, 2.75) is 26.3 Å². The van der Waals surface area contributed by atoms with Crippen LogP contribution in [0.25, 0.3) is 0 Å². The van der Waals surface area contributed by atoms with Gasteiger partial charge in [0.05, 0.1) is 5.69 Å². The van der Waals surface area contributed by atoms with Crippen molar-refractivity contribution in [3.05, 3.63) is 11.9 Å². The summed E-state index contributed by atoms with van der Waals surface area (Å²) in [5.74, 6) is -0.317. The predicted octanol–water partition coefficient (Wildman–Crippen LogP) is -1.54. The summed E-state index contributed by atoms with van der Waals surface area (Å²) in [6.45, 7) is 2.40. The number of aliphatic hydroxyl groups excluding tert-OH is 1. The number of aryl methyl sites for hydroxylation is 1. The Kier molecular flexibility index (Phi) is 6.51. The maximum atomic E-state index is 11.5. The van der Waals surface area contributed by atoms with Gasteiger partial charge in [0.2, 0.25) is 11.8 Å². The Morgan fingerprint density at radius 1 is 1.37 bits per heavy atom. The van der Waals surface area contributed by atoms with Gasteiger partial charge in [0.15, 0.2) is 0 Å². The Hall–Kier alpha value is -1.96. The van der Waals surface area contributed by atoms with Crippen LogP contribution in [0.5, 0.6) is 0 Å². The second-order valence-corrected chi connectivity index (χ2v) is 4.07. The number of nitrogens with one attached hydrogen (secondary N) is 2. The van der Waals surface area contributed by atoms with Crippen molar-refractivity contribution in [1.29, 1.82) is 0 Å². The Morgan fingerprint density at radius 3 is 2.79 bits per heavy atom. The standard InChI is InChI=1S/C11H19N5O3/c1-9(18)12-4-5-13-11(19)8-16-7-10(14-15-16)3-2-6-17/h7,17H,2-6,8H2,1H3,(H,12,18)(H,13,19). The highest BCUT2D eigenvalue weighted by Crippen LogP contribution is 1.97. The van der Waals surface area contributed by atoms with Gasteiger partial charge in [-0.1, -0.05) is 5.21 Å². The molecular formula is C11H19N5O3. The van der Waals surface area contributed by atoms with Gasteiger partial charge in [0.1, 0.15) is 6.54 Å². The summed E-state index contributed by atoms with van der Waals surface area (Å²) in [6, 6.07) is 0. The number of aromatic nitrogens is 3. The molecule has 8 heteroatoms. The molecule has 0 aliphatic carbocycles. The van der Waals surface area contributed by atoms with Crippen LogP contribution in [0.15, 0.2) is 6.20 Å². The number of carbonyl (C=O) groups is 2. The molecule has 1 aromatic heterocycles. The molecule has 0 radical (unpaired) electrons. The smallest absolute Gasteiger partial charge is 0.241 e. The van der Waals surface area contributed by atoms with Gasteiger partial charge in [-0.25, -0.2) is 4.68 Å². The molecule has 0 atom stereocenters. The molecule has 0 bridgehead atoms. The fourth-order valence-corrected chi connectivity index (χ4v) is 1.43. The highest BCUT2D eigenvalue weighted by Gasteiger charge is 2.05. The Balaban J connectivity index is 2.24. The van der Waals surface area contributed by atoms with E-state index in [1.54, 1.807) is 6.20 Å². The quantitative estimate of drug-likeness (QED) is 0.495. The summed E-state index contributed by atoms with van der Waals surface area (Å²) in [6.07, 6.45) is 2.95. The first-order chi connectivity index (χ1) is 9.11. The second-order valence-electron chi connectivity index (χ2n) is 4.07. The number of hydrogen-bond donors (Lipinski definition) is 3. The van der Waals surface area contributed by atoms with E-state index in [2.05, 4.69) is 20.9 Å². The van der Waals surface area contributed by atoms with Crippen LogP contribution in [-0.2, 0) is 22.6 Å². The Labute approximate surface area is 111 Å². The summed E-state index contributed by atoms with van der Waals surface area (Å²) in [4.78, 5) is 22.1. The number of carbonyl (C=O) groups excluding carboxylic acids is 2. The van der Waals surface area contributed by atoms with E-state index in [-0.39, 0.29) is 25.0 Å². The Morgan fingerprint density at radius 2 is 2.11 bits per heavy atom. The number of nitrogens with zero attached hydrogens (tertiary/aromatic N) is 3. The molecule has 0 saturated heterocycles. The molecule has 106 valence electrons. The van der Waals surface area contributed by atoms with E-state index in [0.717, 1.165) is 5.69 Å². The molecule has 19 heavy (non-hydrogen) atoms. The van der Waals surface area contributed by atoms with Crippen molar-refractivity contribution < 1.29 is 14.7 Å². The molecule has 8 nitrogen and oxygen atoms in total. The van der Waals surface area contributed by atoms with Crippen molar-refractivity contribution in [3.63, 3.8) is 0 Å². The molecule has 0 saturated carbocycles. The van der Waals surface area contributed by atoms with E-state index >= 15 is 0 Å². The topological polar surface area (TPSA) is 109 Å². The largest absolute Gasteiger partial charge is 0.396 e. The number of amides is 2. The maximum absolute atomic E-state index is 11.5. The van der Waals surface area contributed by atoms with E-state index in [9.17, 15) is 9.59 Å². The zero-order valence-corrected chi connectivity index (χ0v) is 10.9. The van der Waals surface area contributed by atoms with E-state index < -0.39 is 0 Å². The van der Waals surface area contributed by atoms with Gasteiger partial charge < -0.3 is 15.7 Å². The van der Waals surface area contributed by atoms with E-state index in [1.807, 2.05) is 0 Å². The van der Waals surface area contributed by atoms with Gasteiger partial charge in [-0.3, -0.25) is 9.59 Å². The lowest BCUT2D eigenvalue weighted by molar-refractivity contribution is -0.122. The van der Waals surface area contributed by atoms with Crippen LogP contribution in [0.4, 0.5) is 0 Å². The number of aliphatic hydroxyl groups is 1. The number of hydrogen-bond acceptors (Lipinski definition) is 5. The summed E-state index contributed by atoms with van der Waals surface area (Å²) < 4.78 is 1.44. The van der Waals surface area contributed by atoms with Gasteiger partial charge in [0, 0.05) is 32.8 Å². The highest BCUT2D eigenvalue weighted by molar-refractivity contribution is 5.76. The van der Waals surface area contributed by atoms with Crippen LogP contribution in [0.3, 0.4) is 0 Å². The Bertz CT molecular complexity index is 418. The first-order valence-corrected chi connectivity index (χ1v) is 6.13. The van der Waals surface area contributed by atoms with Crippen molar-refractivity contribution in [3.8, 4) is 0 Å². The highest BCUT2D eigenvalue weighted by atomic mass is 16.3. The molecule has 1 aromatic rings. The third-order valence-electron chi connectivity index (χ3n) is 2.30. The lowest BCUT2D eigenvalue weighted by Gasteiger charge is -2.05. The molecule has 0 aromatic carbocycles. The lowest BCUT2D eigenvalue weighted by atomic mass is 10.3. The van der Waals surface area contributed by atoms with E-state index in [4.69, 9.17) is 5.11 Å². The molecule has 0 fully saturated rings. The molecule has 0 spiro atoms. The maximum Gasteiger partial charge on any atom is 0.241 e. The van der Waals surface area contributed by atoms with Crippen LogP contribution in [0, 0.1) is 0 Å². The summed E-state index contributed by atoms with van der Waals surface area (Å²) >= 11 is 0. The third kappa shape index (κ3) is 6.51. The molecular weight excluding hydrogens is 250 g/mol. The minimum atomic E-state index is -0.191. The van der Waals surface area contributed by atoms with Crippen LogP contribution in [0.2, 0.25) is 0 Å². The zero-order chi connectivity index (χ0) is 14.1. The average molecular weight is 269 g/mol. The third-order valence-corrected chi connectivity index (χ3v) is 2.30. The molecule has 0 unspecified atom stereocenters. The first kappa shape index (κ1) is 15.1. The SMILES string of the molecule is CC(=O)NCCNC(=O)Cn1cc(CCCO)nn1. The van der Waals surface area contributed by atoms with E-state index in [0.29, 0.717) is 25.9 Å². The summed E-state index contributed by atoms with van der Waals surface area (Å²) in [5, 5.41) is 21.6. The predicted molar refractivity (Wildman–Crippen MR) is 67.1 cm³/mol. The van der Waals surface area contributed by atoms with E-state index in [1.165, 1.54) is 11.6 Å². The average Bonchev–Trinajstić information content (AvgIpc) is 2.79. The van der Waals surface area contributed by atoms with Gasteiger partial charge in [0.25, 0.3) is 0 Å². The molecule has 0 aliphatic heterocycles. The molecule has 0 aliphatic rings. The first-order valence-electron chi connectivity index (χ1n) is 6.13. The van der Waals surface area contributed by atoms with Crippen molar-refractivity contribution in [2.24, 2.45) is 0 Å². The van der Waals surface area contributed by atoms with Crippen LogP contribution >= 0.6 is 0 Å².